The van der Waals surface area contributed by atoms with E-state index >= 15 is 0 Å². The van der Waals surface area contributed by atoms with E-state index in [0.717, 1.165) is 35.4 Å². The quantitative estimate of drug-likeness (QED) is 0.479. The summed E-state index contributed by atoms with van der Waals surface area (Å²) in [7, 11) is 0. The van der Waals surface area contributed by atoms with Crippen LogP contribution in [0.2, 0.25) is 0 Å². The Labute approximate surface area is 161 Å². The number of rotatable bonds is 4. The molecule has 1 aromatic carbocycles. The van der Waals surface area contributed by atoms with E-state index in [1.807, 2.05) is 26.0 Å². The number of hydrazone groups is 1. The third kappa shape index (κ3) is 4.07. The van der Waals surface area contributed by atoms with E-state index in [-0.39, 0.29) is 0 Å². The molecule has 0 heterocycles. The fourth-order valence-corrected chi connectivity index (χ4v) is 6.11. The van der Waals surface area contributed by atoms with E-state index in [9.17, 15) is 9.59 Å². The molecule has 4 aliphatic rings. The molecule has 0 spiro atoms. The van der Waals surface area contributed by atoms with Gasteiger partial charge in [-0.15, -0.1) is 0 Å². The van der Waals surface area contributed by atoms with Gasteiger partial charge >= 0.3 is 11.8 Å². The molecule has 0 aromatic heterocycles. The molecule has 0 radical (unpaired) electrons. The number of benzene rings is 1. The van der Waals surface area contributed by atoms with Crippen molar-refractivity contribution in [2.45, 2.75) is 58.8 Å². The van der Waals surface area contributed by atoms with Crippen LogP contribution in [0.5, 0.6) is 0 Å². The van der Waals surface area contributed by atoms with Crippen molar-refractivity contribution in [1.82, 2.24) is 5.43 Å². The standard InChI is InChI=1S/C22H29N3O2/c1-14-3-5-19(6-4-14)23-20(26)21(27)25-24-15(2)10-22-11-16-7-17(12-22)9-18(8-16)13-22/h3-6,16-18H,7-13H2,1-2H3,(H,23,26)(H,25,27)/b24-15+. The summed E-state index contributed by atoms with van der Waals surface area (Å²) in [5, 5.41) is 6.83. The molecule has 4 aliphatic carbocycles. The van der Waals surface area contributed by atoms with Gasteiger partial charge in [-0.1, -0.05) is 17.7 Å². The van der Waals surface area contributed by atoms with E-state index in [2.05, 4.69) is 15.8 Å². The molecule has 27 heavy (non-hydrogen) atoms. The Morgan fingerprint density at radius 2 is 1.56 bits per heavy atom. The van der Waals surface area contributed by atoms with Crippen LogP contribution in [-0.4, -0.2) is 17.5 Å². The maximum Gasteiger partial charge on any atom is 0.329 e. The Bertz CT molecular complexity index is 731. The maximum absolute atomic E-state index is 12.1. The van der Waals surface area contributed by atoms with E-state index in [4.69, 9.17) is 0 Å². The van der Waals surface area contributed by atoms with Crippen LogP contribution < -0.4 is 10.7 Å². The lowest BCUT2D eigenvalue weighted by atomic mass is 9.48. The molecular formula is C22H29N3O2. The van der Waals surface area contributed by atoms with E-state index in [0.29, 0.717) is 11.1 Å². The monoisotopic (exact) mass is 367 g/mol. The highest BCUT2D eigenvalue weighted by Gasteiger charge is 2.50. The SMILES string of the molecule is C/C(CC12CC3CC(CC(C3)C1)C2)=N\NC(=O)C(=O)Nc1ccc(C)cc1. The van der Waals surface area contributed by atoms with Crippen LogP contribution in [-0.2, 0) is 9.59 Å². The number of carbonyl (C=O) groups is 2. The van der Waals surface area contributed by atoms with Crippen molar-refractivity contribution in [1.29, 1.82) is 0 Å². The van der Waals surface area contributed by atoms with Crippen LogP contribution >= 0.6 is 0 Å². The van der Waals surface area contributed by atoms with Crippen LogP contribution in [0.25, 0.3) is 0 Å². The summed E-state index contributed by atoms with van der Waals surface area (Å²) in [6.07, 6.45) is 9.15. The molecule has 2 amide bonds. The first kappa shape index (κ1) is 18.2. The summed E-state index contributed by atoms with van der Waals surface area (Å²) in [6, 6.07) is 7.34. The lowest BCUT2D eigenvalue weighted by molar-refractivity contribution is -0.136. The number of aryl methyl sites for hydroxylation is 1. The van der Waals surface area contributed by atoms with Crippen molar-refractivity contribution in [2.24, 2.45) is 28.3 Å². The average molecular weight is 367 g/mol. The van der Waals surface area contributed by atoms with E-state index in [1.54, 1.807) is 12.1 Å². The molecule has 144 valence electrons. The Morgan fingerprint density at radius 3 is 2.11 bits per heavy atom. The van der Waals surface area contributed by atoms with Crippen LogP contribution in [0.4, 0.5) is 5.69 Å². The maximum atomic E-state index is 12.1. The molecule has 0 saturated heterocycles. The second-order valence-corrected chi connectivity index (χ2v) is 9.20. The normalized spacial score (nSPS) is 31.6. The molecule has 1 aromatic rings. The summed E-state index contributed by atoms with van der Waals surface area (Å²) in [5.74, 6) is 1.29. The van der Waals surface area contributed by atoms with Gasteiger partial charge in [0.05, 0.1) is 0 Å². The van der Waals surface area contributed by atoms with Crippen molar-refractivity contribution in [3.05, 3.63) is 29.8 Å². The van der Waals surface area contributed by atoms with Crippen molar-refractivity contribution >= 4 is 23.2 Å². The Hall–Kier alpha value is -2.17. The second kappa shape index (κ2) is 7.10. The van der Waals surface area contributed by atoms with Gasteiger partial charge in [-0.25, -0.2) is 5.43 Å². The van der Waals surface area contributed by atoms with Crippen LogP contribution in [0, 0.1) is 30.1 Å². The van der Waals surface area contributed by atoms with Crippen LogP contribution in [0.1, 0.15) is 57.4 Å². The highest BCUT2D eigenvalue weighted by Crippen LogP contribution is 2.61. The van der Waals surface area contributed by atoms with Gasteiger partial charge in [0.2, 0.25) is 0 Å². The largest absolute Gasteiger partial charge is 0.329 e. The number of amides is 2. The summed E-state index contributed by atoms with van der Waals surface area (Å²) in [5.41, 5.74) is 5.45. The first-order chi connectivity index (χ1) is 12.9. The molecule has 0 unspecified atom stereocenters. The van der Waals surface area contributed by atoms with Crippen LogP contribution in [0.15, 0.2) is 29.4 Å². The molecule has 5 heteroatoms. The first-order valence-corrected chi connectivity index (χ1v) is 10.1. The molecule has 5 nitrogen and oxygen atoms in total. The number of hydrogen-bond acceptors (Lipinski definition) is 3. The topological polar surface area (TPSA) is 70.6 Å². The molecule has 0 aliphatic heterocycles. The third-order valence-electron chi connectivity index (χ3n) is 6.66. The number of nitrogens with one attached hydrogen (secondary N) is 2. The summed E-state index contributed by atoms with van der Waals surface area (Å²) in [4.78, 5) is 24.1. The average Bonchev–Trinajstić information content (AvgIpc) is 2.60. The van der Waals surface area contributed by atoms with Gasteiger partial charge in [-0.3, -0.25) is 9.59 Å². The fourth-order valence-electron chi connectivity index (χ4n) is 6.11. The number of anilines is 1. The van der Waals surface area contributed by atoms with Gasteiger partial charge in [-0.05, 0) is 94.1 Å². The van der Waals surface area contributed by atoms with Gasteiger partial charge in [0.1, 0.15) is 0 Å². The summed E-state index contributed by atoms with van der Waals surface area (Å²) in [6.45, 7) is 3.94. The zero-order valence-electron chi connectivity index (χ0n) is 16.3. The van der Waals surface area contributed by atoms with Gasteiger partial charge in [0, 0.05) is 11.4 Å². The van der Waals surface area contributed by atoms with E-state index < -0.39 is 11.8 Å². The highest BCUT2D eigenvalue weighted by molar-refractivity contribution is 6.39. The summed E-state index contributed by atoms with van der Waals surface area (Å²) < 4.78 is 0. The molecule has 0 atom stereocenters. The van der Waals surface area contributed by atoms with Crippen molar-refractivity contribution < 1.29 is 9.59 Å². The zero-order valence-corrected chi connectivity index (χ0v) is 16.3. The lowest BCUT2D eigenvalue weighted by Crippen LogP contribution is -2.46. The predicted octanol–water partition coefficient (Wildman–Crippen LogP) is 4.03. The molecule has 4 fully saturated rings. The van der Waals surface area contributed by atoms with E-state index in [1.165, 1.54) is 38.5 Å². The summed E-state index contributed by atoms with van der Waals surface area (Å²) >= 11 is 0. The molecule has 2 N–H and O–H groups in total. The van der Waals surface area contributed by atoms with Crippen LogP contribution in [0.3, 0.4) is 0 Å². The number of hydrogen-bond donors (Lipinski definition) is 2. The van der Waals surface area contributed by atoms with Crippen molar-refractivity contribution in [3.63, 3.8) is 0 Å². The highest BCUT2D eigenvalue weighted by atomic mass is 16.2. The second-order valence-electron chi connectivity index (χ2n) is 9.20. The third-order valence-corrected chi connectivity index (χ3v) is 6.66. The smallest absolute Gasteiger partial charge is 0.318 e. The minimum Gasteiger partial charge on any atom is -0.318 e. The number of nitrogens with zero attached hydrogens (tertiary/aromatic N) is 1. The fraction of sp³-hybridized carbons (Fsp3) is 0.591. The lowest BCUT2D eigenvalue weighted by Gasteiger charge is -2.57. The molecule has 5 rings (SSSR count). The molecule has 4 bridgehead atoms. The van der Waals surface area contributed by atoms with Gasteiger partial charge in [0.15, 0.2) is 0 Å². The first-order valence-electron chi connectivity index (χ1n) is 10.1. The zero-order chi connectivity index (χ0) is 19.0. The minimum absolute atomic E-state index is 0.386. The van der Waals surface area contributed by atoms with Gasteiger partial charge in [-0.2, -0.15) is 5.10 Å². The van der Waals surface area contributed by atoms with Gasteiger partial charge < -0.3 is 5.32 Å². The molecule has 4 saturated carbocycles. The Balaban J connectivity index is 1.31. The van der Waals surface area contributed by atoms with Crippen molar-refractivity contribution in [3.8, 4) is 0 Å². The Kier molecular flexibility index (Phi) is 4.79. The van der Waals surface area contributed by atoms with Crippen molar-refractivity contribution in [2.75, 3.05) is 5.32 Å². The Morgan fingerprint density at radius 1 is 1.00 bits per heavy atom. The predicted molar refractivity (Wildman–Crippen MR) is 106 cm³/mol. The minimum atomic E-state index is -0.722. The van der Waals surface area contributed by atoms with Gasteiger partial charge in [0.25, 0.3) is 0 Å². The number of carbonyl (C=O) groups excluding carboxylic acids is 2. The molecular weight excluding hydrogens is 338 g/mol.